The van der Waals surface area contributed by atoms with Crippen molar-refractivity contribution in [2.75, 3.05) is 5.73 Å². The van der Waals surface area contributed by atoms with E-state index in [0.717, 1.165) is 31.4 Å². The Morgan fingerprint density at radius 3 is 2.69 bits per heavy atom. The second-order valence-corrected chi connectivity index (χ2v) is 4.21. The van der Waals surface area contributed by atoms with Crippen molar-refractivity contribution in [3.63, 3.8) is 0 Å². The second-order valence-electron chi connectivity index (χ2n) is 4.21. The molecule has 4 nitrogen and oxygen atoms in total. The van der Waals surface area contributed by atoms with E-state index in [-0.39, 0.29) is 11.5 Å². The number of hydrogen-bond acceptors (Lipinski definition) is 3. The van der Waals surface area contributed by atoms with E-state index in [2.05, 4.69) is 23.8 Å². The summed E-state index contributed by atoms with van der Waals surface area (Å²) in [5.41, 5.74) is 7.05. The molecule has 4 heteroatoms. The van der Waals surface area contributed by atoms with Crippen molar-refractivity contribution in [2.45, 2.75) is 52.4 Å². The van der Waals surface area contributed by atoms with Crippen molar-refractivity contribution in [2.24, 2.45) is 0 Å². The third-order valence-corrected chi connectivity index (χ3v) is 2.99. The van der Waals surface area contributed by atoms with Crippen molar-refractivity contribution in [3.05, 3.63) is 21.6 Å². The molecule has 0 aromatic carbocycles. The number of H-pyrrole nitrogens is 1. The lowest BCUT2D eigenvalue weighted by Gasteiger charge is -2.15. The number of nitrogens with one attached hydrogen (secondary N) is 1. The third kappa shape index (κ3) is 2.84. The van der Waals surface area contributed by atoms with E-state index in [4.69, 9.17) is 5.73 Å². The van der Waals surface area contributed by atoms with Gasteiger partial charge in [0.2, 0.25) is 5.95 Å². The van der Waals surface area contributed by atoms with Crippen molar-refractivity contribution in [3.8, 4) is 0 Å². The zero-order valence-corrected chi connectivity index (χ0v) is 10.3. The topological polar surface area (TPSA) is 71.8 Å². The van der Waals surface area contributed by atoms with Gasteiger partial charge >= 0.3 is 0 Å². The molecular formula is C12H21N3O. The summed E-state index contributed by atoms with van der Waals surface area (Å²) >= 11 is 0. The molecule has 0 radical (unpaired) electrons. The first-order valence-electron chi connectivity index (χ1n) is 5.96. The van der Waals surface area contributed by atoms with Gasteiger partial charge in [0.05, 0.1) is 5.69 Å². The van der Waals surface area contributed by atoms with Crippen LogP contribution >= 0.6 is 0 Å². The zero-order chi connectivity index (χ0) is 12.1. The fraction of sp³-hybridized carbons (Fsp3) is 0.667. The van der Waals surface area contributed by atoms with E-state index in [0.29, 0.717) is 11.5 Å². The molecule has 90 valence electrons. The summed E-state index contributed by atoms with van der Waals surface area (Å²) < 4.78 is 0. The Kier molecular flexibility index (Phi) is 4.52. The largest absolute Gasteiger partial charge is 0.369 e. The first-order chi connectivity index (χ1) is 7.60. The lowest BCUT2D eigenvalue weighted by atomic mass is 9.93. The van der Waals surface area contributed by atoms with Crippen molar-refractivity contribution < 1.29 is 0 Å². The minimum absolute atomic E-state index is 0.113. The Hall–Kier alpha value is -1.32. The monoisotopic (exact) mass is 223 g/mol. The number of nitrogen functional groups attached to an aromatic ring is 1. The molecular weight excluding hydrogens is 202 g/mol. The first kappa shape index (κ1) is 12.7. The minimum Gasteiger partial charge on any atom is -0.369 e. The molecule has 0 amide bonds. The predicted molar refractivity (Wildman–Crippen MR) is 66.6 cm³/mol. The summed E-state index contributed by atoms with van der Waals surface area (Å²) in [5, 5.41) is 0. The van der Waals surface area contributed by atoms with Gasteiger partial charge in [0, 0.05) is 11.5 Å². The van der Waals surface area contributed by atoms with Gasteiger partial charge in [-0.2, -0.15) is 0 Å². The molecule has 1 aromatic heterocycles. The van der Waals surface area contributed by atoms with Crippen LogP contribution in [-0.2, 0) is 0 Å². The highest BCUT2D eigenvalue weighted by Gasteiger charge is 2.15. The Morgan fingerprint density at radius 1 is 1.44 bits per heavy atom. The quantitative estimate of drug-likeness (QED) is 0.804. The van der Waals surface area contributed by atoms with Gasteiger partial charge in [0.25, 0.3) is 5.56 Å². The fourth-order valence-corrected chi connectivity index (χ4v) is 1.95. The van der Waals surface area contributed by atoms with Gasteiger partial charge in [-0.1, -0.05) is 26.7 Å². The van der Waals surface area contributed by atoms with Gasteiger partial charge in [-0.15, -0.1) is 0 Å². The Labute approximate surface area is 96.3 Å². The molecule has 0 saturated carbocycles. The summed E-state index contributed by atoms with van der Waals surface area (Å²) in [6.45, 7) is 6.10. The highest BCUT2D eigenvalue weighted by atomic mass is 16.1. The van der Waals surface area contributed by atoms with Crippen molar-refractivity contribution in [1.82, 2.24) is 9.97 Å². The van der Waals surface area contributed by atoms with E-state index < -0.39 is 0 Å². The number of rotatable bonds is 5. The van der Waals surface area contributed by atoms with Crippen LogP contribution in [-0.4, -0.2) is 9.97 Å². The zero-order valence-electron chi connectivity index (χ0n) is 10.3. The van der Waals surface area contributed by atoms with Gasteiger partial charge in [-0.05, 0) is 19.8 Å². The Balaban J connectivity index is 3.04. The smallest absolute Gasteiger partial charge is 0.255 e. The number of hydrogen-bond donors (Lipinski definition) is 2. The number of aromatic amines is 1. The molecule has 0 spiro atoms. The normalized spacial score (nSPS) is 12.7. The second kappa shape index (κ2) is 5.68. The molecule has 1 rings (SSSR count). The Bertz CT molecular complexity index is 398. The van der Waals surface area contributed by atoms with Gasteiger partial charge < -0.3 is 5.73 Å². The van der Waals surface area contributed by atoms with Crippen LogP contribution in [0.25, 0.3) is 0 Å². The maximum absolute atomic E-state index is 11.6. The molecule has 1 atom stereocenters. The van der Waals surface area contributed by atoms with Crippen LogP contribution in [0.2, 0.25) is 0 Å². The van der Waals surface area contributed by atoms with E-state index in [1.165, 1.54) is 0 Å². The molecule has 1 heterocycles. The number of nitrogens with zero attached hydrogens (tertiary/aromatic N) is 1. The van der Waals surface area contributed by atoms with Gasteiger partial charge in [-0.25, -0.2) is 4.98 Å². The van der Waals surface area contributed by atoms with Gasteiger partial charge in [-0.3, -0.25) is 9.78 Å². The molecule has 0 aliphatic rings. The molecule has 0 bridgehead atoms. The molecule has 1 unspecified atom stereocenters. The lowest BCUT2D eigenvalue weighted by molar-refractivity contribution is 0.553. The standard InChI is InChI=1S/C12H21N3O/c1-4-6-7-9(5-2)10-8(3)11(16)15-12(13)14-10/h9H,4-7H2,1-3H3,(H3,13,14,15,16). The van der Waals surface area contributed by atoms with E-state index in [1.54, 1.807) is 0 Å². The predicted octanol–water partition coefficient (Wildman–Crippen LogP) is 2.34. The molecule has 3 N–H and O–H groups in total. The molecule has 0 saturated heterocycles. The minimum atomic E-state index is -0.113. The molecule has 16 heavy (non-hydrogen) atoms. The van der Waals surface area contributed by atoms with E-state index in [1.807, 2.05) is 6.92 Å². The van der Waals surface area contributed by atoms with E-state index in [9.17, 15) is 4.79 Å². The van der Waals surface area contributed by atoms with Crippen molar-refractivity contribution >= 4 is 5.95 Å². The Morgan fingerprint density at radius 2 is 2.12 bits per heavy atom. The van der Waals surface area contributed by atoms with Crippen LogP contribution in [0.1, 0.15) is 56.7 Å². The van der Waals surface area contributed by atoms with Gasteiger partial charge in [0.1, 0.15) is 0 Å². The summed E-state index contributed by atoms with van der Waals surface area (Å²) in [6.07, 6.45) is 4.39. The van der Waals surface area contributed by atoms with Crippen LogP contribution in [0.5, 0.6) is 0 Å². The lowest BCUT2D eigenvalue weighted by Crippen LogP contribution is -2.19. The molecule has 1 aromatic rings. The van der Waals surface area contributed by atoms with E-state index >= 15 is 0 Å². The van der Waals surface area contributed by atoms with Crippen molar-refractivity contribution in [1.29, 1.82) is 0 Å². The van der Waals surface area contributed by atoms with Crippen LogP contribution in [0.3, 0.4) is 0 Å². The van der Waals surface area contributed by atoms with Crippen LogP contribution in [0.4, 0.5) is 5.95 Å². The fourth-order valence-electron chi connectivity index (χ4n) is 1.95. The maximum atomic E-state index is 11.6. The third-order valence-electron chi connectivity index (χ3n) is 2.99. The average Bonchev–Trinajstić information content (AvgIpc) is 2.25. The summed E-state index contributed by atoms with van der Waals surface area (Å²) in [4.78, 5) is 18.4. The van der Waals surface area contributed by atoms with Crippen LogP contribution in [0.15, 0.2) is 4.79 Å². The highest BCUT2D eigenvalue weighted by Crippen LogP contribution is 2.25. The van der Waals surface area contributed by atoms with Crippen LogP contribution in [0, 0.1) is 6.92 Å². The van der Waals surface area contributed by atoms with Crippen LogP contribution < -0.4 is 11.3 Å². The molecule has 0 fully saturated rings. The molecule has 0 aliphatic carbocycles. The van der Waals surface area contributed by atoms with Gasteiger partial charge in [0.15, 0.2) is 0 Å². The summed E-state index contributed by atoms with van der Waals surface area (Å²) in [6, 6.07) is 0. The summed E-state index contributed by atoms with van der Waals surface area (Å²) in [7, 11) is 0. The number of anilines is 1. The number of unbranched alkanes of at least 4 members (excludes halogenated alkanes) is 1. The average molecular weight is 223 g/mol. The summed E-state index contributed by atoms with van der Waals surface area (Å²) in [5.74, 6) is 0.574. The molecule has 0 aliphatic heterocycles. The SMILES string of the molecule is CCCCC(CC)c1nc(N)[nH]c(=O)c1C. The maximum Gasteiger partial charge on any atom is 0.255 e. The number of nitrogens with two attached hydrogens (primary N) is 1. The first-order valence-corrected chi connectivity index (χ1v) is 5.96. The number of aromatic nitrogens is 2. The highest BCUT2D eigenvalue weighted by molar-refractivity contribution is 5.26.